The first-order chi connectivity index (χ1) is 14.3. The van der Waals surface area contributed by atoms with Crippen LogP contribution in [0, 0.1) is 5.82 Å². The molecule has 1 unspecified atom stereocenters. The second-order valence-corrected chi connectivity index (χ2v) is 9.83. The SMILES string of the molecule is CC(C)c1ccc(S(=O)(=O)N2CCCC(c3nc(-c4ccc(F)cc4)no3)C2)cc1. The summed E-state index contributed by atoms with van der Waals surface area (Å²) >= 11 is 0. The summed E-state index contributed by atoms with van der Waals surface area (Å²) in [6.07, 6.45) is 1.48. The van der Waals surface area contributed by atoms with Gasteiger partial charge >= 0.3 is 0 Å². The molecule has 4 rings (SSSR count). The van der Waals surface area contributed by atoms with Gasteiger partial charge in [0.1, 0.15) is 5.82 Å². The molecule has 0 radical (unpaired) electrons. The van der Waals surface area contributed by atoms with Gasteiger partial charge in [-0.2, -0.15) is 9.29 Å². The summed E-state index contributed by atoms with van der Waals surface area (Å²) in [5, 5.41) is 3.99. The fourth-order valence-electron chi connectivity index (χ4n) is 3.65. The second-order valence-electron chi connectivity index (χ2n) is 7.89. The van der Waals surface area contributed by atoms with Crippen LogP contribution in [-0.2, 0) is 10.0 Å². The average molecular weight is 430 g/mol. The Morgan fingerprint density at radius 3 is 2.47 bits per heavy atom. The van der Waals surface area contributed by atoms with Crippen LogP contribution in [0.15, 0.2) is 57.9 Å². The smallest absolute Gasteiger partial charge is 0.243 e. The molecule has 0 N–H and O–H groups in total. The van der Waals surface area contributed by atoms with Gasteiger partial charge in [0, 0.05) is 18.7 Å². The predicted molar refractivity (Wildman–Crippen MR) is 111 cm³/mol. The fourth-order valence-corrected chi connectivity index (χ4v) is 5.18. The molecule has 30 heavy (non-hydrogen) atoms. The predicted octanol–water partition coefficient (Wildman–Crippen LogP) is 4.57. The molecule has 1 fully saturated rings. The summed E-state index contributed by atoms with van der Waals surface area (Å²) in [5.74, 6) is 0.606. The van der Waals surface area contributed by atoms with Crippen molar-refractivity contribution in [3.63, 3.8) is 0 Å². The molecular formula is C22H24FN3O3S. The summed E-state index contributed by atoms with van der Waals surface area (Å²) < 4.78 is 46.3. The number of benzene rings is 2. The number of piperidine rings is 1. The minimum Gasteiger partial charge on any atom is -0.339 e. The summed E-state index contributed by atoms with van der Waals surface area (Å²) in [6.45, 7) is 4.90. The van der Waals surface area contributed by atoms with E-state index in [2.05, 4.69) is 24.0 Å². The van der Waals surface area contributed by atoms with Gasteiger partial charge in [-0.25, -0.2) is 12.8 Å². The van der Waals surface area contributed by atoms with Gasteiger partial charge < -0.3 is 4.52 Å². The molecule has 0 saturated carbocycles. The maximum absolute atomic E-state index is 13.1. The molecule has 1 aliphatic heterocycles. The van der Waals surface area contributed by atoms with Gasteiger partial charge in [-0.05, 0) is 60.7 Å². The zero-order valence-electron chi connectivity index (χ0n) is 17.0. The first-order valence-electron chi connectivity index (χ1n) is 10.0. The van der Waals surface area contributed by atoms with Crippen molar-refractivity contribution in [3.8, 4) is 11.4 Å². The highest BCUT2D eigenvalue weighted by molar-refractivity contribution is 7.89. The average Bonchev–Trinajstić information content (AvgIpc) is 3.25. The van der Waals surface area contributed by atoms with Crippen molar-refractivity contribution in [2.75, 3.05) is 13.1 Å². The number of hydrogen-bond donors (Lipinski definition) is 0. The van der Waals surface area contributed by atoms with Crippen molar-refractivity contribution in [1.82, 2.24) is 14.4 Å². The van der Waals surface area contributed by atoms with E-state index >= 15 is 0 Å². The fraction of sp³-hybridized carbons (Fsp3) is 0.364. The minimum absolute atomic E-state index is 0.176. The van der Waals surface area contributed by atoms with Crippen LogP contribution in [0.3, 0.4) is 0 Å². The summed E-state index contributed by atoms with van der Waals surface area (Å²) in [7, 11) is -3.59. The van der Waals surface area contributed by atoms with Crippen LogP contribution < -0.4 is 0 Å². The van der Waals surface area contributed by atoms with E-state index in [9.17, 15) is 12.8 Å². The first kappa shape index (κ1) is 20.7. The molecule has 1 aromatic heterocycles. The molecule has 3 aromatic rings. The van der Waals surface area contributed by atoms with E-state index in [-0.39, 0.29) is 11.7 Å². The number of hydrogen-bond acceptors (Lipinski definition) is 5. The summed E-state index contributed by atoms with van der Waals surface area (Å²) in [5.41, 5.74) is 1.75. The van der Waals surface area contributed by atoms with E-state index < -0.39 is 10.0 Å². The van der Waals surface area contributed by atoms with Crippen LogP contribution in [0.25, 0.3) is 11.4 Å². The highest BCUT2D eigenvalue weighted by atomic mass is 32.2. The molecule has 1 aliphatic rings. The Labute approximate surface area is 175 Å². The largest absolute Gasteiger partial charge is 0.339 e. The second kappa shape index (κ2) is 8.28. The van der Waals surface area contributed by atoms with Crippen LogP contribution in [0.5, 0.6) is 0 Å². The molecule has 0 aliphatic carbocycles. The van der Waals surface area contributed by atoms with E-state index in [4.69, 9.17) is 4.52 Å². The molecule has 1 atom stereocenters. The van der Waals surface area contributed by atoms with Crippen LogP contribution in [0.1, 0.15) is 50.0 Å². The summed E-state index contributed by atoms with van der Waals surface area (Å²) in [6, 6.07) is 12.9. The lowest BCUT2D eigenvalue weighted by molar-refractivity contribution is 0.265. The molecular weight excluding hydrogens is 405 g/mol. The van der Waals surface area contributed by atoms with Crippen molar-refractivity contribution in [1.29, 1.82) is 0 Å². The zero-order valence-corrected chi connectivity index (χ0v) is 17.8. The highest BCUT2D eigenvalue weighted by Crippen LogP contribution is 2.31. The molecule has 2 aromatic carbocycles. The number of sulfonamides is 1. The quantitative estimate of drug-likeness (QED) is 0.594. The van der Waals surface area contributed by atoms with Gasteiger partial charge in [-0.15, -0.1) is 0 Å². The third-order valence-electron chi connectivity index (χ3n) is 5.46. The van der Waals surface area contributed by atoms with Crippen LogP contribution in [0.2, 0.25) is 0 Å². The molecule has 158 valence electrons. The zero-order chi connectivity index (χ0) is 21.3. The molecule has 2 heterocycles. The third kappa shape index (κ3) is 4.15. The van der Waals surface area contributed by atoms with Gasteiger partial charge in [0.15, 0.2) is 0 Å². The Kier molecular flexibility index (Phi) is 5.71. The van der Waals surface area contributed by atoms with Crippen molar-refractivity contribution in [2.24, 2.45) is 0 Å². The van der Waals surface area contributed by atoms with E-state index in [1.54, 1.807) is 24.3 Å². The Morgan fingerprint density at radius 2 is 1.80 bits per heavy atom. The van der Waals surface area contributed by atoms with Crippen molar-refractivity contribution in [3.05, 3.63) is 65.8 Å². The molecule has 0 amide bonds. The lowest BCUT2D eigenvalue weighted by Crippen LogP contribution is -2.39. The lowest BCUT2D eigenvalue weighted by Gasteiger charge is -2.30. The Hall–Kier alpha value is -2.58. The Bertz CT molecular complexity index is 1110. The maximum atomic E-state index is 13.1. The van der Waals surface area contributed by atoms with Crippen molar-refractivity contribution < 1.29 is 17.3 Å². The van der Waals surface area contributed by atoms with Crippen LogP contribution >= 0.6 is 0 Å². The van der Waals surface area contributed by atoms with E-state index in [1.165, 1.54) is 16.4 Å². The number of rotatable bonds is 5. The number of halogens is 1. The van der Waals surface area contributed by atoms with Gasteiger partial charge in [0.05, 0.1) is 10.8 Å². The molecule has 6 nitrogen and oxygen atoms in total. The summed E-state index contributed by atoms with van der Waals surface area (Å²) in [4.78, 5) is 4.73. The maximum Gasteiger partial charge on any atom is 0.243 e. The topological polar surface area (TPSA) is 76.3 Å². The molecule has 0 bridgehead atoms. The highest BCUT2D eigenvalue weighted by Gasteiger charge is 2.33. The van der Waals surface area contributed by atoms with E-state index in [0.29, 0.717) is 47.6 Å². The Balaban J connectivity index is 1.52. The van der Waals surface area contributed by atoms with Crippen molar-refractivity contribution in [2.45, 2.75) is 43.4 Å². The van der Waals surface area contributed by atoms with Crippen LogP contribution in [-0.4, -0.2) is 36.0 Å². The van der Waals surface area contributed by atoms with E-state index in [0.717, 1.165) is 12.0 Å². The third-order valence-corrected chi connectivity index (χ3v) is 7.34. The Morgan fingerprint density at radius 1 is 1.10 bits per heavy atom. The number of aromatic nitrogens is 2. The van der Waals surface area contributed by atoms with Gasteiger partial charge in [-0.1, -0.05) is 31.1 Å². The molecule has 1 saturated heterocycles. The van der Waals surface area contributed by atoms with E-state index in [1.807, 2.05) is 12.1 Å². The standard InChI is InChI=1S/C22H24FN3O3S/c1-15(2)16-7-11-20(12-8-16)30(27,28)26-13-3-4-18(14-26)22-24-21(25-29-22)17-5-9-19(23)10-6-17/h5-12,15,18H,3-4,13-14H2,1-2H3. The lowest BCUT2D eigenvalue weighted by atomic mass is 10.00. The van der Waals surface area contributed by atoms with Crippen LogP contribution in [0.4, 0.5) is 4.39 Å². The monoisotopic (exact) mass is 429 g/mol. The number of nitrogens with zero attached hydrogens (tertiary/aromatic N) is 3. The normalized spacial score (nSPS) is 18.1. The van der Waals surface area contributed by atoms with Gasteiger partial charge in [-0.3, -0.25) is 0 Å². The molecule has 0 spiro atoms. The van der Waals surface area contributed by atoms with Gasteiger partial charge in [0.2, 0.25) is 21.7 Å². The first-order valence-corrected chi connectivity index (χ1v) is 11.5. The van der Waals surface area contributed by atoms with Gasteiger partial charge in [0.25, 0.3) is 0 Å². The molecule has 8 heteroatoms. The minimum atomic E-state index is -3.59. The van der Waals surface area contributed by atoms with Crippen molar-refractivity contribution >= 4 is 10.0 Å².